The van der Waals surface area contributed by atoms with Gasteiger partial charge in [0.25, 0.3) is 5.91 Å². The smallest absolute Gasteiger partial charge is 0.416 e. The molecule has 6 nitrogen and oxygen atoms in total. The van der Waals surface area contributed by atoms with Crippen LogP contribution < -0.4 is 10.1 Å². The molecule has 5 rings (SSSR count). The van der Waals surface area contributed by atoms with Gasteiger partial charge in [0.1, 0.15) is 18.2 Å². The van der Waals surface area contributed by atoms with E-state index in [-0.39, 0.29) is 17.9 Å². The van der Waals surface area contributed by atoms with E-state index >= 15 is 0 Å². The Morgan fingerprint density at radius 1 is 1.11 bits per heavy atom. The van der Waals surface area contributed by atoms with E-state index in [1.807, 2.05) is 0 Å². The number of hydrogen-bond acceptors (Lipinski definition) is 4. The highest BCUT2D eigenvalue weighted by atomic mass is 19.4. The van der Waals surface area contributed by atoms with Crippen molar-refractivity contribution in [3.63, 3.8) is 0 Å². The second-order valence-corrected chi connectivity index (χ2v) is 9.76. The third kappa shape index (κ3) is 4.50. The van der Waals surface area contributed by atoms with Crippen molar-refractivity contribution in [3.05, 3.63) is 71.4 Å². The molecule has 0 unspecified atom stereocenters. The van der Waals surface area contributed by atoms with E-state index in [2.05, 4.69) is 10.3 Å². The number of amides is 1. The number of nitrogens with one attached hydrogen (secondary N) is 1. The number of halogens is 3. The predicted octanol–water partition coefficient (Wildman–Crippen LogP) is 5.60. The van der Waals surface area contributed by atoms with Gasteiger partial charge in [-0.1, -0.05) is 24.3 Å². The minimum absolute atomic E-state index is 0.0952. The molecule has 0 aliphatic heterocycles. The fraction of sp³-hybridized carbons (Fsp3) is 0.370. The number of carbonyl (C=O) groups is 2. The maximum absolute atomic E-state index is 13.4. The van der Waals surface area contributed by atoms with Crippen molar-refractivity contribution < 1.29 is 32.6 Å². The van der Waals surface area contributed by atoms with Crippen molar-refractivity contribution in [1.82, 2.24) is 10.3 Å². The van der Waals surface area contributed by atoms with Crippen LogP contribution in [0.25, 0.3) is 10.9 Å². The van der Waals surface area contributed by atoms with Gasteiger partial charge in [0.2, 0.25) is 0 Å². The van der Waals surface area contributed by atoms with Crippen molar-refractivity contribution in [1.29, 1.82) is 0 Å². The van der Waals surface area contributed by atoms with Crippen LogP contribution in [-0.2, 0) is 17.6 Å². The molecule has 2 aromatic carbocycles. The molecule has 2 aliphatic rings. The van der Waals surface area contributed by atoms with E-state index in [9.17, 15) is 27.9 Å². The lowest BCUT2D eigenvalue weighted by Gasteiger charge is -2.33. The predicted molar refractivity (Wildman–Crippen MR) is 125 cm³/mol. The number of fused-ring (bicyclic) bond motifs is 3. The van der Waals surface area contributed by atoms with Crippen LogP contribution in [0.3, 0.4) is 0 Å². The van der Waals surface area contributed by atoms with Gasteiger partial charge in [-0.25, -0.2) is 4.79 Å². The third-order valence-electron chi connectivity index (χ3n) is 7.57. The summed E-state index contributed by atoms with van der Waals surface area (Å²) in [5.74, 6) is -0.974. The number of carboxylic acid groups (broad SMARTS) is 1. The minimum Gasteiger partial charge on any atom is -0.486 e. The number of carboxylic acids is 1. The maximum Gasteiger partial charge on any atom is 0.416 e. The molecule has 1 amide bonds. The Labute approximate surface area is 205 Å². The van der Waals surface area contributed by atoms with Gasteiger partial charge < -0.3 is 15.2 Å². The van der Waals surface area contributed by atoms with E-state index in [0.29, 0.717) is 22.4 Å². The first-order valence-corrected chi connectivity index (χ1v) is 11.9. The van der Waals surface area contributed by atoms with Crippen LogP contribution in [0.5, 0.6) is 5.75 Å². The zero-order chi connectivity index (χ0) is 25.5. The van der Waals surface area contributed by atoms with Crippen LogP contribution in [0.15, 0.2) is 54.7 Å². The molecule has 2 aliphatic carbocycles. The summed E-state index contributed by atoms with van der Waals surface area (Å²) in [7, 11) is 0. The van der Waals surface area contributed by atoms with Gasteiger partial charge in [-0.2, -0.15) is 13.2 Å². The Bertz CT molecular complexity index is 1300. The van der Waals surface area contributed by atoms with E-state index in [1.54, 1.807) is 30.5 Å². The fourth-order valence-electron chi connectivity index (χ4n) is 5.72. The van der Waals surface area contributed by atoms with E-state index in [0.717, 1.165) is 44.2 Å². The molecule has 2 fully saturated rings. The van der Waals surface area contributed by atoms with Crippen LogP contribution in [0.1, 0.15) is 53.6 Å². The highest BCUT2D eigenvalue weighted by Crippen LogP contribution is 2.56. The van der Waals surface area contributed by atoms with Gasteiger partial charge in [0.05, 0.1) is 11.1 Å². The lowest BCUT2D eigenvalue weighted by atomic mass is 9.77. The highest BCUT2D eigenvalue weighted by Gasteiger charge is 2.53. The Morgan fingerprint density at radius 3 is 2.44 bits per heavy atom. The topological polar surface area (TPSA) is 88.5 Å². The van der Waals surface area contributed by atoms with Gasteiger partial charge in [-0.3, -0.25) is 9.78 Å². The number of ether oxygens (including phenoxy) is 1. The van der Waals surface area contributed by atoms with Crippen molar-refractivity contribution in [2.24, 2.45) is 11.3 Å². The number of aliphatic carboxylic acids is 1. The number of carbonyl (C=O) groups excluding carboxylic acids is 1. The van der Waals surface area contributed by atoms with E-state index < -0.39 is 35.1 Å². The summed E-state index contributed by atoms with van der Waals surface area (Å²) >= 11 is 0. The maximum atomic E-state index is 13.4. The molecule has 2 bridgehead atoms. The lowest BCUT2D eigenvalue weighted by molar-refractivity contribution is -0.143. The Balaban J connectivity index is 1.43. The van der Waals surface area contributed by atoms with Gasteiger partial charge in [-0.15, -0.1) is 0 Å². The number of alkyl halides is 3. The summed E-state index contributed by atoms with van der Waals surface area (Å²) in [5.41, 5.74) is -0.194. The number of rotatable bonds is 7. The number of pyridine rings is 1. The first-order valence-electron chi connectivity index (χ1n) is 11.9. The Hall–Kier alpha value is -3.62. The zero-order valence-electron chi connectivity index (χ0n) is 19.3. The minimum atomic E-state index is -4.44. The standard InChI is InChI=1S/C27H25F3N2O4/c28-27(29,30)19-6-3-17(4-7-19)15-36-22-20(8-5-18-2-1-13-31-21(18)22)24(33)32-23(25(34)35)26-11-9-16(14-26)10-12-26/h1-8,13,16,23H,9-12,14-15H2,(H,32,33)(H,34,35)/t16?,23-,26?/m1/s1. The molecule has 9 heteroatoms. The lowest BCUT2D eigenvalue weighted by Crippen LogP contribution is -2.51. The largest absolute Gasteiger partial charge is 0.486 e. The quantitative estimate of drug-likeness (QED) is 0.443. The van der Waals surface area contributed by atoms with Gasteiger partial charge in [0.15, 0.2) is 5.75 Å². The second-order valence-electron chi connectivity index (χ2n) is 9.76. The first-order chi connectivity index (χ1) is 17.2. The van der Waals surface area contributed by atoms with Crippen LogP contribution in [-0.4, -0.2) is 28.0 Å². The summed E-state index contributed by atoms with van der Waals surface area (Å²) in [4.78, 5) is 30.0. The fourth-order valence-corrected chi connectivity index (χ4v) is 5.72. The molecule has 2 saturated carbocycles. The Morgan fingerprint density at radius 2 is 1.83 bits per heavy atom. The average molecular weight is 499 g/mol. The summed E-state index contributed by atoms with van der Waals surface area (Å²) in [6.07, 6.45) is 1.38. The molecule has 0 saturated heterocycles. The van der Waals surface area contributed by atoms with E-state index in [1.165, 1.54) is 12.1 Å². The number of nitrogens with zero attached hydrogens (tertiary/aromatic N) is 1. The third-order valence-corrected chi connectivity index (χ3v) is 7.57. The van der Waals surface area contributed by atoms with Crippen molar-refractivity contribution in [2.45, 2.75) is 50.9 Å². The van der Waals surface area contributed by atoms with Crippen molar-refractivity contribution in [2.75, 3.05) is 0 Å². The molecule has 1 heterocycles. The van der Waals surface area contributed by atoms with Crippen molar-refractivity contribution in [3.8, 4) is 5.75 Å². The summed E-state index contributed by atoms with van der Waals surface area (Å²) in [5, 5.41) is 13.4. The number of aromatic nitrogens is 1. The number of hydrogen-bond donors (Lipinski definition) is 2. The highest BCUT2D eigenvalue weighted by molar-refractivity contribution is 6.04. The zero-order valence-corrected chi connectivity index (χ0v) is 19.3. The van der Waals surface area contributed by atoms with Gasteiger partial charge >= 0.3 is 12.1 Å². The van der Waals surface area contributed by atoms with Gasteiger partial charge in [0, 0.05) is 17.0 Å². The molecule has 0 radical (unpaired) electrons. The second kappa shape index (κ2) is 9.11. The monoisotopic (exact) mass is 498 g/mol. The summed E-state index contributed by atoms with van der Waals surface area (Å²) < 4.78 is 44.6. The van der Waals surface area contributed by atoms with E-state index in [4.69, 9.17) is 4.74 Å². The molecule has 3 aromatic rings. The van der Waals surface area contributed by atoms with Crippen LogP contribution in [0.4, 0.5) is 13.2 Å². The van der Waals surface area contributed by atoms with Crippen LogP contribution in [0, 0.1) is 11.3 Å². The van der Waals surface area contributed by atoms with Gasteiger partial charge in [-0.05, 0) is 67.9 Å². The molecule has 188 valence electrons. The molecule has 36 heavy (non-hydrogen) atoms. The van der Waals surface area contributed by atoms with Crippen LogP contribution >= 0.6 is 0 Å². The summed E-state index contributed by atoms with van der Waals surface area (Å²) in [6, 6.07) is 10.4. The Kier molecular flexibility index (Phi) is 6.10. The average Bonchev–Trinajstić information content (AvgIpc) is 3.47. The molecule has 0 spiro atoms. The molecular formula is C27H25F3N2O4. The first kappa shape index (κ1) is 24.1. The summed E-state index contributed by atoms with van der Waals surface area (Å²) in [6.45, 7) is -0.0952. The molecular weight excluding hydrogens is 473 g/mol. The number of benzene rings is 2. The molecule has 1 aromatic heterocycles. The molecule has 1 atom stereocenters. The normalized spacial score (nSPS) is 21.9. The van der Waals surface area contributed by atoms with Crippen molar-refractivity contribution >= 4 is 22.8 Å². The van der Waals surface area contributed by atoms with Crippen LogP contribution in [0.2, 0.25) is 0 Å². The SMILES string of the molecule is O=C(N[C@H](C(=O)O)C12CCC(CC1)C2)c1ccc2cccnc2c1OCc1ccc(C(F)(F)F)cc1. The molecule has 2 N–H and O–H groups in total.